The first-order chi connectivity index (χ1) is 13.9. The highest BCUT2D eigenvalue weighted by Crippen LogP contribution is 2.42. The van der Waals surface area contributed by atoms with Gasteiger partial charge in [-0.25, -0.2) is 0 Å². The van der Waals surface area contributed by atoms with Crippen LogP contribution in [0.4, 0.5) is 11.4 Å². The fraction of sp³-hybridized carbons (Fsp3) is 0.640. The van der Waals surface area contributed by atoms with E-state index in [0.29, 0.717) is 12.1 Å². The van der Waals surface area contributed by atoms with Crippen LogP contribution in [-0.2, 0) is 12.8 Å². The van der Waals surface area contributed by atoms with Gasteiger partial charge < -0.3 is 14.4 Å². The van der Waals surface area contributed by atoms with E-state index in [1.54, 1.807) is 0 Å². The van der Waals surface area contributed by atoms with E-state index in [1.165, 1.54) is 22.3 Å². The lowest BCUT2D eigenvalue weighted by Crippen LogP contribution is -2.36. The van der Waals surface area contributed by atoms with Crippen LogP contribution in [0.5, 0.6) is 0 Å². The van der Waals surface area contributed by atoms with Gasteiger partial charge in [0.2, 0.25) is 0 Å². The Kier molecular flexibility index (Phi) is 5.39. The van der Waals surface area contributed by atoms with Crippen molar-refractivity contribution in [1.82, 2.24) is 4.57 Å². The van der Waals surface area contributed by atoms with Crippen molar-refractivity contribution in [2.45, 2.75) is 91.8 Å². The lowest BCUT2D eigenvalue weighted by Gasteiger charge is -2.31. The highest BCUT2D eigenvalue weighted by atomic mass is 16.1. The number of aryl methyl sites for hydroxylation is 1. The van der Waals surface area contributed by atoms with Crippen molar-refractivity contribution < 1.29 is 0 Å². The Morgan fingerprint density at radius 3 is 2.14 bits per heavy atom. The SMILES string of the molecule is CCC(C)n1c(=O)c2c(c3cc4c(cc31)N(CC)C(C)CC(C)N4CC)CCC2. The van der Waals surface area contributed by atoms with Crippen LogP contribution in [-0.4, -0.2) is 29.7 Å². The van der Waals surface area contributed by atoms with Crippen molar-refractivity contribution in [3.63, 3.8) is 0 Å². The number of hydrogen-bond donors (Lipinski definition) is 0. The lowest BCUT2D eigenvalue weighted by atomic mass is 10.0. The predicted octanol–water partition coefficient (Wildman–Crippen LogP) is 5.29. The van der Waals surface area contributed by atoms with Gasteiger partial charge in [0.05, 0.1) is 16.9 Å². The molecule has 0 amide bonds. The standard InChI is InChI=1S/C25H37N3O/c1-7-16(4)28-22-15-24-23(14-21(22)19-11-10-12-20(19)25(28)29)26(8-2)17(5)13-18(6)27(24)9-3/h14-18H,7-13H2,1-6H3. The van der Waals surface area contributed by atoms with E-state index in [4.69, 9.17) is 0 Å². The van der Waals surface area contributed by atoms with Crippen molar-refractivity contribution in [2.75, 3.05) is 22.9 Å². The van der Waals surface area contributed by atoms with Gasteiger partial charge in [0.25, 0.3) is 5.56 Å². The molecule has 2 aromatic rings. The first-order valence-corrected chi connectivity index (χ1v) is 11.7. The molecule has 2 heterocycles. The zero-order chi connectivity index (χ0) is 20.9. The summed E-state index contributed by atoms with van der Waals surface area (Å²) >= 11 is 0. The van der Waals surface area contributed by atoms with Crippen molar-refractivity contribution in [2.24, 2.45) is 0 Å². The molecule has 3 unspecified atom stereocenters. The Balaban J connectivity index is 2.11. The van der Waals surface area contributed by atoms with Gasteiger partial charge in [-0.2, -0.15) is 0 Å². The highest BCUT2D eigenvalue weighted by molar-refractivity contribution is 5.94. The van der Waals surface area contributed by atoms with Gasteiger partial charge in [0, 0.05) is 42.2 Å². The maximum absolute atomic E-state index is 13.4. The van der Waals surface area contributed by atoms with Crippen molar-refractivity contribution in [1.29, 1.82) is 0 Å². The number of benzene rings is 1. The average Bonchev–Trinajstić information content (AvgIpc) is 3.16. The van der Waals surface area contributed by atoms with Crippen LogP contribution in [0.15, 0.2) is 16.9 Å². The Bertz CT molecular complexity index is 976. The minimum Gasteiger partial charge on any atom is -0.367 e. The summed E-state index contributed by atoms with van der Waals surface area (Å²) in [5.74, 6) is 0. The fourth-order valence-electron chi connectivity index (χ4n) is 5.81. The normalized spacial score (nSPS) is 22.6. The quantitative estimate of drug-likeness (QED) is 0.704. The summed E-state index contributed by atoms with van der Waals surface area (Å²) in [6.07, 6.45) is 5.20. The van der Waals surface area contributed by atoms with Gasteiger partial charge in [-0.1, -0.05) is 6.92 Å². The molecule has 0 fully saturated rings. The molecule has 29 heavy (non-hydrogen) atoms. The molecule has 4 heteroatoms. The van der Waals surface area contributed by atoms with Crippen molar-refractivity contribution >= 4 is 22.3 Å². The maximum Gasteiger partial charge on any atom is 0.254 e. The lowest BCUT2D eigenvalue weighted by molar-refractivity contribution is 0.528. The molecule has 1 aliphatic carbocycles. The second kappa shape index (κ2) is 7.70. The van der Waals surface area contributed by atoms with E-state index in [2.05, 4.69) is 68.0 Å². The molecule has 0 saturated carbocycles. The number of fused-ring (bicyclic) bond motifs is 4. The van der Waals surface area contributed by atoms with Gasteiger partial charge in [0.15, 0.2) is 0 Å². The molecule has 1 aliphatic heterocycles. The van der Waals surface area contributed by atoms with E-state index in [1.807, 2.05) is 0 Å². The second-order valence-electron chi connectivity index (χ2n) is 9.11. The van der Waals surface area contributed by atoms with E-state index >= 15 is 0 Å². The molecular weight excluding hydrogens is 358 g/mol. The van der Waals surface area contributed by atoms with Crippen LogP contribution in [0.2, 0.25) is 0 Å². The Morgan fingerprint density at radius 1 is 0.966 bits per heavy atom. The third-order valence-corrected chi connectivity index (χ3v) is 7.45. The maximum atomic E-state index is 13.4. The van der Waals surface area contributed by atoms with Crippen LogP contribution < -0.4 is 15.4 Å². The van der Waals surface area contributed by atoms with Crippen LogP contribution in [0.25, 0.3) is 10.9 Å². The molecule has 3 atom stereocenters. The Morgan fingerprint density at radius 2 is 1.55 bits per heavy atom. The summed E-state index contributed by atoms with van der Waals surface area (Å²) in [6.45, 7) is 15.6. The molecule has 0 N–H and O–H groups in total. The number of anilines is 2. The molecule has 4 nitrogen and oxygen atoms in total. The van der Waals surface area contributed by atoms with Gasteiger partial charge in [-0.15, -0.1) is 0 Å². The number of pyridine rings is 1. The molecular formula is C25H37N3O. The van der Waals surface area contributed by atoms with E-state index in [9.17, 15) is 4.79 Å². The Labute approximate surface area is 175 Å². The number of aromatic nitrogens is 1. The summed E-state index contributed by atoms with van der Waals surface area (Å²) in [5, 5.41) is 1.31. The monoisotopic (exact) mass is 395 g/mol. The molecule has 2 aliphatic rings. The fourth-order valence-corrected chi connectivity index (χ4v) is 5.81. The van der Waals surface area contributed by atoms with Crippen LogP contribution in [0.1, 0.15) is 78.0 Å². The largest absolute Gasteiger partial charge is 0.367 e. The predicted molar refractivity (Wildman–Crippen MR) is 125 cm³/mol. The molecule has 0 bridgehead atoms. The van der Waals surface area contributed by atoms with Gasteiger partial charge >= 0.3 is 0 Å². The topological polar surface area (TPSA) is 28.5 Å². The van der Waals surface area contributed by atoms with Gasteiger partial charge in [-0.3, -0.25) is 4.79 Å². The third-order valence-electron chi connectivity index (χ3n) is 7.45. The van der Waals surface area contributed by atoms with Gasteiger partial charge in [0.1, 0.15) is 0 Å². The highest BCUT2D eigenvalue weighted by Gasteiger charge is 2.31. The number of hydrogen-bond acceptors (Lipinski definition) is 3. The third kappa shape index (κ3) is 3.06. The van der Waals surface area contributed by atoms with Crippen LogP contribution >= 0.6 is 0 Å². The van der Waals surface area contributed by atoms with Crippen molar-refractivity contribution in [3.8, 4) is 0 Å². The Hall–Kier alpha value is -1.97. The second-order valence-corrected chi connectivity index (χ2v) is 9.11. The molecule has 0 radical (unpaired) electrons. The summed E-state index contributed by atoms with van der Waals surface area (Å²) in [4.78, 5) is 18.5. The smallest absolute Gasteiger partial charge is 0.254 e. The zero-order valence-electron chi connectivity index (χ0n) is 19.1. The minimum atomic E-state index is 0.216. The van der Waals surface area contributed by atoms with Crippen molar-refractivity contribution in [3.05, 3.63) is 33.6 Å². The average molecular weight is 396 g/mol. The molecule has 0 spiro atoms. The molecule has 1 aromatic carbocycles. The van der Waals surface area contributed by atoms with E-state index < -0.39 is 0 Å². The first kappa shape index (κ1) is 20.3. The summed E-state index contributed by atoms with van der Waals surface area (Å²) in [6, 6.07) is 5.98. The number of rotatable bonds is 4. The van der Waals surface area contributed by atoms with E-state index in [-0.39, 0.29) is 11.6 Å². The first-order valence-electron chi connectivity index (χ1n) is 11.7. The van der Waals surface area contributed by atoms with Gasteiger partial charge in [-0.05, 0) is 84.4 Å². The van der Waals surface area contributed by atoms with Crippen LogP contribution in [0.3, 0.4) is 0 Å². The zero-order valence-corrected chi connectivity index (χ0v) is 19.1. The minimum absolute atomic E-state index is 0.216. The summed E-state index contributed by atoms with van der Waals surface area (Å²) in [5.41, 5.74) is 6.43. The molecule has 158 valence electrons. The number of nitrogens with zero attached hydrogens (tertiary/aromatic N) is 3. The molecule has 4 rings (SSSR count). The summed E-state index contributed by atoms with van der Waals surface area (Å²) < 4.78 is 2.10. The summed E-state index contributed by atoms with van der Waals surface area (Å²) in [7, 11) is 0. The van der Waals surface area contributed by atoms with E-state index in [0.717, 1.165) is 56.3 Å². The van der Waals surface area contributed by atoms with Crippen LogP contribution in [0, 0.1) is 0 Å². The molecule has 0 saturated heterocycles. The molecule has 1 aromatic heterocycles.